The van der Waals surface area contributed by atoms with Gasteiger partial charge < -0.3 is 34.6 Å². The maximum absolute atomic E-state index is 11.9. The first-order chi connectivity index (χ1) is 18.3. The Morgan fingerprint density at radius 2 is 2.00 bits per heavy atom. The standard InChI is InChI=1S/C27H34N6O5/c1-14-23(22-15(2)32-38-16(22)3)29-26(17-7-6-8-19(9-17)37-13-18(34)10-28-4)31-25(14)30-24-20-11-33(12-21(20)24)27(35)36-5/h6-9,18,20-21,24,28,34H,10-13H2,1-5H3,(H,29,30,31)/t18?,20-,21+,24?. The Labute approximate surface area is 221 Å². The van der Waals surface area contributed by atoms with E-state index in [0.29, 0.717) is 48.8 Å². The highest BCUT2D eigenvalue weighted by Crippen LogP contribution is 2.48. The Morgan fingerprint density at radius 3 is 2.66 bits per heavy atom. The highest BCUT2D eigenvalue weighted by atomic mass is 16.5. The molecular formula is C27H34N6O5. The van der Waals surface area contributed by atoms with Gasteiger partial charge in [-0.3, -0.25) is 0 Å². The van der Waals surface area contributed by atoms with Gasteiger partial charge in [0, 0.05) is 48.6 Å². The van der Waals surface area contributed by atoms with Crippen LogP contribution in [0.15, 0.2) is 28.8 Å². The van der Waals surface area contributed by atoms with Crippen LogP contribution in [0.5, 0.6) is 5.75 Å². The van der Waals surface area contributed by atoms with Gasteiger partial charge in [0.1, 0.15) is 30.0 Å². The number of benzene rings is 1. The summed E-state index contributed by atoms with van der Waals surface area (Å²) in [7, 11) is 3.19. The molecule has 0 bridgehead atoms. The molecule has 2 fully saturated rings. The van der Waals surface area contributed by atoms with Gasteiger partial charge in [-0.05, 0) is 40.0 Å². The largest absolute Gasteiger partial charge is 0.491 e. The molecule has 1 saturated heterocycles. The van der Waals surface area contributed by atoms with E-state index in [1.807, 2.05) is 45.0 Å². The van der Waals surface area contributed by atoms with Gasteiger partial charge in [-0.25, -0.2) is 14.8 Å². The van der Waals surface area contributed by atoms with E-state index in [2.05, 4.69) is 15.8 Å². The van der Waals surface area contributed by atoms with Crippen LogP contribution in [0.25, 0.3) is 22.6 Å². The zero-order chi connectivity index (χ0) is 27.0. The van der Waals surface area contributed by atoms with Crippen molar-refractivity contribution in [1.82, 2.24) is 25.3 Å². The maximum Gasteiger partial charge on any atom is 0.409 e. The number of anilines is 1. The Bertz CT molecular complexity index is 1300. The van der Waals surface area contributed by atoms with Crippen LogP contribution < -0.4 is 15.4 Å². The number of piperidine rings is 1. The average molecular weight is 523 g/mol. The number of likely N-dealkylation sites (tertiary alicyclic amines) is 1. The number of carbonyl (C=O) groups excluding carboxylic acids is 1. The van der Waals surface area contributed by atoms with Crippen LogP contribution in [0, 0.1) is 32.6 Å². The number of likely N-dealkylation sites (N-methyl/N-ethyl adjacent to an activating group) is 1. The summed E-state index contributed by atoms with van der Waals surface area (Å²) in [6.45, 7) is 7.72. The summed E-state index contributed by atoms with van der Waals surface area (Å²) in [6, 6.07) is 7.75. The Morgan fingerprint density at radius 1 is 1.24 bits per heavy atom. The number of fused-ring (bicyclic) bond motifs is 1. The summed E-state index contributed by atoms with van der Waals surface area (Å²) in [5.74, 6) is 3.30. The smallest absolute Gasteiger partial charge is 0.409 e. The SMILES string of the molecule is CNCC(O)COc1cccc(-c2nc(NC3[C@H]4CN(C(=O)OC)C[C@@H]34)c(C)c(-c3c(C)noc3C)n2)c1. The third kappa shape index (κ3) is 5.03. The van der Waals surface area contributed by atoms with E-state index in [1.54, 1.807) is 11.9 Å². The first kappa shape index (κ1) is 25.9. The topological polar surface area (TPSA) is 135 Å². The second-order valence-electron chi connectivity index (χ2n) is 9.99. The molecule has 1 aliphatic carbocycles. The van der Waals surface area contributed by atoms with Crippen molar-refractivity contribution in [2.45, 2.75) is 32.9 Å². The number of aromatic nitrogens is 3. The molecule has 3 aromatic rings. The minimum Gasteiger partial charge on any atom is -0.491 e. The second-order valence-corrected chi connectivity index (χ2v) is 9.99. The number of aliphatic hydroxyl groups is 1. The molecule has 5 rings (SSSR count). The normalized spacial score (nSPS) is 20.7. The van der Waals surface area contributed by atoms with E-state index >= 15 is 0 Å². The third-order valence-electron chi connectivity index (χ3n) is 7.32. The number of rotatable bonds is 9. The lowest BCUT2D eigenvalue weighted by Gasteiger charge is -2.20. The lowest BCUT2D eigenvalue weighted by atomic mass is 10.0. The van der Waals surface area contributed by atoms with Gasteiger partial charge >= 0.3 is 6.09 Å². The van der Waals surface area contributed by atoms with Crippen molar-refractivity contribution in [3.63, 3.8) is 0 Å². The Hall–Kier alpha value is -3.70. The fourth-order valence-corrected chi connectivity index (χ4v) is 5.24. The highest BCUT2D eigenvalue weighted by molar-refractivity contribution is 5.75. The van der Waals surface area contributed by atoms with Crippen molar-refractivity contribution < 1.29 is 23.9 Å². The van der Waals surface area contributed by atoms with Crippen molar-refractivity contribution in [2.75, 3.05) is 45.7 Å². The van der Waals surface area contributed by atoms with E-state index in [0.717, 1.165) is 33.9 Å². The Balaban J connectivity index is 1.45. The van der Waals surface area contributed by atoms with Gasteiger partial charge in [-0.1, -0.05) is 17.3 Å². The van der Waals surface area contributed by atoms with Crippen molar-refractivity contribution in [2.24, 2.45) is 11.8 Å². The molecule has 1 saturated carbocycles. The van der Waals surface area contributed by atoms with E-state index in [-0.39, 0.29) is 18.7 Å². The molecule has 0 radical (unpaired) electrons. The molecular weight excluding hydrogens is 488 g/mol. The fourth-order valence-electron chi connectivity index (χ4n) is 5.24. The molecule has 202 valence electrons. The number of nitrogens with one attached hydrogen (secondary N) is 2. The number of nitrogens with zero attached hydrogens (tertiary/aromatic N) is 4. The molecule has 11 heteroatoms. The third-order valence-corrected chi connectivity index (χ3v) is 7.32. The predicted molar refractivity (Wildman–Crippen MR) is 141 cm³/mol. The van der Waals surface area contributed by atoms with Gasteiger partial charge in [0.05, 0.1) is 24.1 Å². The minimum absolute atomic E-state index is 0.170. The van der Waals surface area contributed by atoms with Gasteiger partial charge in [-0.2, -0.15) is 0 Å². The molecule has 0 spiro atoms. The fraction of sp³-hybridized carbons (Fsp3) is 0.481. The predicted octanol–water partition coefficient (Wildman–Crippen LogP) is 2.79. The van der Waals surface area contributed by atoms with Crippen molar-refractivity contribution in [3.8, 4) is 28.4 Å². The van der Waals surface area contributed by atoms with E-state index < -0.39 is 6.10 Å². The molecule has 1 aliphatic heterocycles. The highest BCUT2D eigenvalue weighted by Gasteiger charge is 2.57. The first-order valence-electron chi connectivity index (χ1n) is 12.8. The number of hydrogen-bond donors (Lipinski definition) is 3. The first-order valence-corrected chi connectivity index (χ1v) is 12.8. The number of aliphatic hydroxyl groups excluding tert-OH is 1. The molecule has 3 heterocycles. The van der Waals surface area contributed by atoms with Crippen LogP contribution in [0.1, 0.15) is 17.0 Å². The molecule has 2 unspecified atom stereocenters. The molecule has 2 aromatic heterocycles. The van der Waals surface area contributed by atoms with Crippen molar-refractivity contribution in [3.05, 3.63) is 41.3 Å². The van der Waals surface area contributed by atoms with Crippen LogP contribution in [-0.4, -0.2) is 83.8 Å². The van der Waals surface area contributed by atoms with Gasteiger partial charge in [0.15, 0.2) is 5.82 Å². The van der Waals surface area contributed by atoms with Gasteiger partial charge in [0.2, 0.25) is 0 Å². The lowest BCUT2D eigenvalue weighted by Crippen LogP contribution is -2.33. The van der Waals surface area contributed by atoms with E-state index in [4.69, 9.17) is 24.0 Å². The van der Waals surface area contributed by atoms with Crippen molar-refractivity contribution >= 4 is 11.9 Å². The molecule has 3 N–H and O–H groups in total. The van der Waals surface area contributed by atoms with E-state index in [1.165, 1.54) is 7.11 Å². The van der Waals surface area contributed by atoms with E-state index in [9.17, 15) is 9.90 Å². The summed E-state index contributed by atoms with van der Waals surface area (Å²) < 4.78 is 16.1. The number of methoxy groups -OCH3 is 1. The number of aryl methyl sites for hydroxylation is 2. The molecule has 4 atom stereocenters. The van der Waals surface area contributed by atoms with Crippen LogP contribution in [-0.2, 0) is 4.74 Å². The molecule has 1 amide bonds. The summed E-state index contributed by atoms with van der Waals surface area (Å²) in [4.78, 5) is 23.5. The average Bonchev–Trinajstić information content (AvgIpc) is 3.20. The number of carbonyl (C=O) groups is 1. The summed E-state index contributed by atoms with van der Waals surface area (Å²) in [6.07, 6.45) is -0.896. The number of amides is 1. The summed E-state index contributed by atoms with van der Waals surface area (Å²) in [5.41, 5.74) is 4.06. The number of hydrogen-bond acceptors (Lipinski definition) is 10. The van der Waals surface area contributed by atoms with Crippen LogP contribution in [0.3, 0.4) is 0 Å². The zero-order valence-electron chi connectivity index (χ0n) is 22.3. The lowest BCUT2D eigenvalue weighted by molar-refractivity contribution is 0.108. The zero-order valence-corrected chi connectivity index (χ0v) is 22.3. The summed E-state index contributed by atoms with van der Waals surface area (Å²) in [5, 5.41) is 20.7. The van der Waals surface area contributed by atoms with Gasteiger partial charge in [-0.15, -0.1) is 0 Å². The molecule has 1 aromatic carbocycles. The van der Waals surface area contributed by atoms with Crippen LogP contribution in [0.4, 0.5) is 10.6 Å². The Kier molecular flexibility index (Phi) is 7.22. The quantitative estimate of drug-likeness (QED) is 0.385. The van der Waals surface area contributed by atoms with Crippen molar-refractivity contribution in [1.29, 1.82) is 0 Å². The molecule has 38 heavy (non-hydrogen) atoms. The second kappa shape index (κ2) is 10.6. The number of ether oxygens (including phenoxy) is 2. The maximum atomic E-state index is 11.9. The van der Waals surface area contributed by atoms with Gasteiger partial charge in [0.25, 0.3) is 0 Å². The minimum atomic E-state index is -0.616. The molecule has 11 nitrogen and oxygen atoms in total. The van der Waals surface area contributed by atoms with Crippen LogP contribution in [0.2, 0.25) is 0 Å². The monoisotopic (exact) mass is 522 g/mol. The van der Waals surface area contributed by atoms with Crippen LogP contribution >= 0.6 is 0 Å². The summed E-state index contributed by atoms with van der Waals surface area (Å²) >= 11 is 0. The molecule has 2 aliphatic rings.